The first-order valence-corrected chi connectivity index (χ1v) is 4.41. The summed E-state index contributed by atoms with van der Waals surface area (Å²) in [4.78, 5) is 17.6. The molecule has 0 aliphatic rings. The number of hydrogen-bond acceptors (Lipinski definition) is 2. The van der Waals surface area contributed by atoms with E-state index in [1.165, 1.54) is 0 Å². The van der Waals surface area contributed by atoms with E-state index in [1.807, 2.05) is 18.2 Å². The van der Waals surface area contributed by atoms with Crippen molar-refractivity contribution in [2.45, 2.75) is 0 Å². The largest absolute Gasteiger partial charge is 0.363 e. The number of amides is 1. The van der Waals surface area contributed by atoms with Gasteiger partial charge in [-0.25, -0.2) is 4.98 Å². The van der Waals surface area contributed by atoms with Gasteiger partial charge in [0.25, 0.3) is 5.91 Å². The van der Waals surface area contributed by atoms with E-state index in [2.05, 4.69) is 25.9 Å². The van der Waals surface area contributed by atoms with Crippen LogP contribution in [0.5, 0.6) is 0 Å². The van der Waals surface area contributed by atoms with Crippen LogP contribution in [0.25, 0.3) is 11.0 Å². The molecule has 13 heavy (non-hydrogen) atoms. The summed E-state index contributed by atoms with van der Waals surface area (Å²) >= 11 is 3.31. The number of primary amides is 1. The Hall–Kier alpha value is -1.36. The molecule has 0 fully saturated rings. The van der Waals surface area contributed by atoms with Crippen molar-refractivity contribution in [1.29, 1.82) is 0 Å². The third-order valence-corrected chi connectivity index (χ3v) is 2.17. The summed E-state index contributed by atoms with van der Waals surface area (Å²) in [6, 6.07) is 5.51. The molecule has 4 nitrogen and oxygen atoms in total. The van der Waals surface area contributed by atoms with Crippen molar-refractivity contribution in [3.63, 3.8) is 0 Å². The van der Waals surface area contributed by atoms with E-state index in [9.17, 15) is 4.79 Å². The Morgan fingerprint density at radius 1 is 1.54 bits per heavy atom. The van der Waals surface area contributed by atoms with Gasteiger partial charge in [0.1, 0.15) is 0 Å². The highest BCUT2D eigenvalue weighted by molar-refractivity contribution is 9.10. The Bertz CT molecular complexity index is 477. The van der Waals surface area contributed by atoms with Gasteiger partial charge in [-0.15, -0.1) is 0 Å². The lowest BCUT2D eigenvalue weighted by Crippen LogP contribution is -2.12. The molecule has 1 amide bonds. The fourth-order valence-electron chi connectivity index (χ4n) is 1.10. The molecule has 5 heteroatoms. The minimum Gasteiger partial charge on any atom is -0.363 e. The van der Waals surface area contributed by atoms with Gasteiger partial charge in [0, 0.05) is 4.47 Å². The van der Waals surface area contributed by atoms with Crippen molar-refractivity contribution < 1.29 is 4.79 Å². The van der Waals surface area contributed by atoms with E-state index in [0.29, 0.717) is 0 Å². The molecule has 1 aromatic carbocycles. The lowest BCUT2D eigenvalue weighted by Gasteiger charge is -1.87. The van der Waals surface area contributed by atoms with E-state index < -0.39 is 5.91 Å². The van der Waals surface area contributed by atoms with Crippen LogP contribution in [0.1, 0.15) is 10.6 Å². The minimum atomic E-state index is -0.549. The maximum atomic E-state index is 10.8. The van der Waals surface area contributed by atoms with Gasteiger partial charge in [0.2, 0.25) is 0 Å². The molecule has 0 spiro atoms. The zero-order valence-corrected chi connectivity index (χ0v) is 8.13. The fourth-order valence-corrected chi connectivity index (χ4v) is 1.46. The first-order chi connectivity index (χ1) is 6.16. The van der Waals surface area contributed by atoms with Gasteiger partial charge >= 0.3 is 0 Å². The molecule has 0 bridgehead atoms. The Morgan fingerprint density at radius 2 is 2.31 bits per heavy atom. The standard InChI is InChI=1S/C8H6BrN3O/c9-4-1-2-5-6(3-4)12-8(11-5)7(10)13/h1-3H,(H2,10,13)(H,11,12). The van der Waals surface area contributed by atoms with E-state index in [1.54, 1.807) is 0 Å². The Balaban J connectivity index is 2.68. The molecular formula is C8H6BrN3O. The molecular weight excluding hydrogens is 234 g/mol. The van der Waals surface area contributed by atoms with Gasteiger partial charge in [0.15, 0.2) is 5.82 Å². The first-order valence-electron chi connectivity index (χ1n) is 3.62. The van der Waals surface area contributed by atoms with Crippen molar-refractivity contribution >= 4 is 32.9 Å². The molecule has 2 rings (SSSR count). The van der Waals surface area contributed by atoms with Crippen LogP contribution < -0.4 is 5.73 Å². The average Bonchev–Trinajstić information content (AvgIpc) is 2.46. The zero-order chi connectivity index (χ0) is 9.42. The maximum Gasteiger partial charge on any atom is 0.284 e. The quantitative estimate of drug-likeness (QED) is 0.791. The maximum absolute atomic E-state index is 10.8. The van der Waals surface area contributed by atoms with Crippen LogP contribution in [0.2, 0.25) is 0 Å². The lowest BCUT2D eigenvalue weighted by atomic mass is 10.3. The summed E-state index contributed by atoms with van der Waals surface area (Å²) in [5.41, 5.74) is 6.60. The van der Waals surface area contributed by atoms with E-state index >= 15 is 0 Å². The van der Waals surface area contributed by atoms with Gasteiger partial charge in [-0.1, -0.05) is 15.9 Å². The Kier molecular flexibility index (Phi) is 1.81. The molecule has 0 atom stereocenters. The summed E-state index contributed by atoms with van der Waals surface area (Å²) in [6.45, 7) is 0. The summed E-state index contributed by atoms with van der Waals surface area (Å²) in [7, 11) is 0. The van der Waals surface area contributed by atoms with E-state index in [0.717, 1.165) is 15.5 Å². The number of imidazole rings is 1. The zero-order valence-electron chi connectivity index (χ0n) is 6.54. The molecule has 66 valence electrons. The highest BCUT2D eigenvalue weighted by atomic mass is 79.9. The van der Waals surface area contributed by atoms with Crippen molar-refractivity contribution in [3.05, 3.63) is 28.5 Å². The average molecular weight is 240 g/mol. The third-order valence-electron chi connectivity index (χ3n) is 1.68. The lowest BCUT2D eigenvalue weighted by molar-refractivity contribution is 0.0991. The van der Waals surface area contributed by atoms with Gasteiger partial charge in [-0.2, -0.15) is 0 Å². The smallest absolute Gasteiger partial charge is 0.284 e. The normalized spacial score (nSPS) is 10.5. The number of nitrogens with two attached hydrogens (primary N) is 1. The second kappa shape index (κ2) is 2.85. The molecule has 2 aromatic rings. The summed E-state index contributed by atoms with van der Waals surface area (Å²) in [6.07, 6.45) is 0. The molecule has 0 saturated carbocycles. The molecule has 0 radical (unpaired) electrons. The number of carbonyl (C=O) groups excluding carboxylic acids is 1. The number of rotatable bonds is 1. The minimum absolute atomic E-state index is 0.188. The summed E-state index contributed by atoms with van der Waals surface area (Å²) < 4.78 is 0.930. The number of nitrogens with one attached hydrogen (secondary N) is 1. The van der Waals surface area contributed by atoms with Crippen LogP contribution in [-0.4, -0.2) is 15.9 Å². The number of hydrogen-bond donors (Lipinski definition) is 2. The van der Waals surface area contributed by atoms with Crippen LogP contribution in [0, 0.1) is 0 Å². The number of carbonyl (C=O) groups is 1. The van der Waals surface area contributed by atoms with Crippen LogP contribution in [0.15, 0.2) is 22.7 Å². The second-order valence-corrected chi connectivity index (χ2v) is 3.53. The number of nitrogens with zero attached hydrogens (tertiary/aromatic N) is 1. The predicted octanol–water partition coefficient (Wildman–Crippen LogP) is 1.42. The molecule has 0 saturated heterocycles. The number of H-pyrrole nitrogens is 1. The molecule has 0 aliphatic heterocycles. The summed E-state index contributed by atoms with van der Waals surface area (Å²) in [5, 5.41) is 0. The third kappa shape index (κ3) is 1.42. The second-order valence-electron chi connectivity index (χ2n) is 2.61. The van der Waals surface area contributed by atoms with Crippen molar-refractivity contribution in [1.82, 2.24) is 9.97 Å². The van der Waals surface area contributed by atoms with E-state index in [4.69, 9.17) is 5.73 Å². The van der Waals surface area contributed by atoms with Crippen LogP contribution in [-0.2, 0) is 0 Å². The molecule has 0 unspecified atom stereocenters. The number of benzene rings is 1. The molecule has 3 N–H and O–H groups in total. The SMILES string of the molecule is NC(=O)c1nc2ccc(Br)cc2[nH]1. The number of aromatic amines is 1. The summed E-state index contributed by atoms with van der Waals surface area (Å²) in [5.74, 6) is -0.361. The predicted molar refractivity (Wildman–Crippen MR) is 52.3 cm³/mol. The van der Waals surface area contributed by atoms with Gasteiger partial charge in [-0.05, 0) is 18.2 Å². The Labute approximate surface area is 82.3 Å². The molecule has 0 aliphatic carbocycles. The fraction of sp³-hybridized carbons (Fsp3) is 0. The number of aromatic nitrogens is 2. The highest BCUT2D eigenvalue weighted by Crippen LogP contribution is 2.17. The molecule has 1 aromatic heterocycles. The number of fused-ring (bicyclic) bond motifs is 1. The van der Waals surface area contributed by atoms with Crippen LogP contribution >= 0.6 is 15.9 Å². The van der Waals surface area contributed by atoms with Gasteiger partial charge in [-0.3, -0.25) is 4.79 Å². The van der Waals surface area contributed by atoms with Gasteiger partial charge < -0.3 is 10.7 Å². The van der Waals surface area contributed by atoms with E-state index in [-0.39, 0.29) is 5.82 Å². The topological polar surface area (TPSA) is 71.8 Å². The van der Waals surface area contributed by atoms with Crippen molar-refractivity contribution in [2.75, 3.05) is 0 Å². The van der Waals surface area contributed by atoms with Crippen LogP contribution in [0.4, 0.5) is 0 Å². The Morgan fingerprint density at radius 3 is 3.00 bits per heavy atom. The van der Waals surface area contributed by atoms with Crippen LogP contribution in [0.3, 0.4) is 0 Å². The highest BCUT2D eigenvalue weighted by Gasteiger charge is 2.06. The monoisotopic (exact) mass is 239 g/mol. The van der Waals surface area contributed by atoms with Crippen molar-refractivity contribution in [3.8, 4) is 0 Å². The first kappa shape index (κ1) is 8.25. The van der Waals surface area contributed by atoms with Crippen molar-refractivity contribution in [2.24, 2.45) is 5.73 Å². The number of halogens is 1. The van der Waals surface area contributed by atoms with Gasteiger partial charge in [0.05, 0.1) is 11.0 Å². The molecule has 1 heterocycles.